The first-order valence-electron chi connectivity index (χ1n) is 8.41. The fourth-order valence-electron chi connectivity index (χ4n) is 2.91. The minimum Gasteiger partial charge on any atom is -0.347 e. The molecule has 5 nitrogen and oxygen atoms in total. The van der Waals surface area contributed by atoms with Crippen LogP contribution in [0.4, 0.5) is 5.69 Å². The van der Waals surface area contributed by atoms with E-state index in [1.165, 1.54) is 0 Å². The summed E-state index contributed by atoms with van der Waals surface area (Å²) in [6.45, 7) is 4.39. The number of hydrogen-bond acceptors (Lipinski definition) is 4. The molecule has 1 fully saturated rings. The van der Waals surface area contributed by atoms with Crippen LogP contribution in [0.25, 0.3) is 0 Å². The van der Waals surface area contributed by atoms with Crippen molar-refractivity contribution in [3.8, 4) is 0 Å². The van der Waals surface area contributed by atoms with Crippen molar-refractivity contribution in [3.63, 3.8) is 0 Å². The number of hydrogen-bond donors (Lipinski definition) is 1. The van der Waals surface area contributed by atoms with E-state index in [2.05, 4.69) is 10.3 Å². The molecule has 2 atom stereocenters. The number of benzene rings is 1. The van der Waals surface area contributed by atoms with Gasteiger partial charge in [-0.25, -0.2) is 4.98 Å². The summed E-state index contributed by atoms with van der Waals surface area (Å²) in [5.41, 5.74) is 1.48. The summed E-state index contributed by atoms with van der Waals surface area (Å²) in [4.78, 5) is 31.3. The molecule has 1 aromatic heterocycles. The van der Waals surface area contributed by atoms with Gasteiger partial charge in [-0.05, 0) is 38.0 Å². The van der Waals surface area contributed by atoms with Crippen LogP contribution in [0.15, 0.2) is 23.6 Å². The van der Waals surface area contributed by atoms with Crippen LogP contribution in [0, 0.1) is 5.92 Å². The molecular formula is C18H19Cl2N3O2S. The predicted molar refractivity (Wildman–Crippen MR) is 105 cm³/mol. The van der Waals surface area contributed by atoms with Crippen molar-refractivity contribution in [1.29, 1.82) is 0 Å². The van der Waals surface area contributed by atoms with Gasteiger partial charge in [0.15, 0.2) is 0 Å². The zero-order chi connectivity index (χ0) is 18.8. The van der Waals surface area contributed by atoms with Gasteiger partial charge in [-0.15, -0.1) is 11.3 Å². The lowest BCUT2D eigenvalue weighted by atomic mass is 10.1. The van der Waals surface area contributed by atoms with Gasteiger partial charge in [0.2, 0.25) is 11.8 Å². The van der Waals surface area contributed by atoms with Gasteiger partial charge in [-0.2, -0.15) is 0 Å². The smallest absolute Gasteiger partial charge is 0.239 e. The summed E-state index contributed by atoms with van der Waals surface area (Å²) in [5, 5.41) is 6.70. The van der Waals surface area contributed by atoms with Crippen LogP contribution in [0.5, 0.6) is 0 Å². The number of carbonyl (C=O) groups excluding carboxylic acids is 2. The molecule has 3 rings (SSSR count). The fourth-order valence-corrected chi connectivity index (χ4v) is 4.04. The molecule has 138 valence electrons. The molecule has 0 spiro atoms. The Morgan fingerprint density at radius 2 is 2.19 bits per heavy atom. The minimum atomic E-state index is -0.698. The molecule has 1 saturated heterocycles. The van der Waals surface area contributed by atoms with Crippen LogP contribution in [0.1, 0.15) is 37.0 Å². The molecule has 2 heterocycles. The van der Waals surface area contributed by atoms with Crippen molar-refractivity contribution < 1.29 is 9.59 Å². The highest BCUT2D eigenvalue weighted by Gasteiger charge is 2.38. The number of thiazole rings is 1. The van der Waals surface area contributed by atoms with Crippen molar-refractivity contribution in [2.75, 3.05) is 11.4 Å². The maximum atomic E-state index is 12.7. The summed E-state index contributed by atoms with van der Waals surface area (Å²) in [5.74, 6) is -1.19. The largest absolute Gasteiger partial charge is 0.347 e. The van der Waals surface area contributed by atoms with Gasteiger partial charge in [0, 0.05) is 17.6 Å². The molecule has 2 aromatic rings. The van der Waals surface area contributed by atoms with Gasteiger partial charge in [0.25, 0.3) is 0 Å². The Hall–Kier alpha value is -1.63. The van der Waals surface area contributed by atoms with Crippen molar-refractivity contribution in [3.05, 3.63) is 44.3 Å². The highest BCUT2D eigenvalue weighted by Crippen LogP contribution is 2.31. The van der Waals surface area contributed by atoms with E-state index in [0.717, 1.165) is 17.1 Å². The average molecular weight is 412 g/mol. The lowest BCUT2D eigenvalue weighted by Crippen LogP contribution is -2.38. The van der Waals surface area contributed by atoms with Crippen molar-refractivity contribution >= 4 is 52.0 Å². The minimum absolute atomic E-state index is 0.222. The maximum Gasteiger partial charge on any atom is 0.239 e. The van der Waals surface area contributed by atoms with E-state index in [1.54, 1.807) is 34.4 Å². The van der Waals surface area contributed by atoms with Gasteiger partial charge in [-0.1, -0.05) is 30.1 Å². The summed E-state index contributed by atoms with van der Waals surface area (Å²) in [6, 6.07) is 4.80. The Bertz CT molecular complexity index is 840. The van der Waals surface area contributed by atoms with Gasteiger partial charge in [-0.3, -0.25) is 9.59 Å². The number of nitrogens with zero attached hydrogens (tertiary/aromatic N) is 2. The molecule has 1 aliphatic rings. The standard InChI is InChI=1S/C18H19Cl2N3O2S/c1-3-16-22-15(9-26-16)10(2)21-17(24)12-6-7-23(18(12)25)11-4-5-13(19)14(20)8-11/h4-5,8-10,12H,3,6-7H2,1-2H3,(H,21,24). The number of anilines is 1. The summed E-state index contributed by atoms with van der Waals surface area (Å²) < 4.78 is 0. The normalized spacial score (nSPS) is 18.2. The number of halogens is 2. The number of rotatable bonds is 5. The summed E-state index contributed by atoms with van der Waals surface area (Å²) in [6.07, 6.45) is 1.33. The van der Waals surface area contributed by atoms with E-state index in [-0.39, 0.29) is 17.9 Å². The number of carbonyl (C=O) groups is 2. The van der Waals surface area contributed by atoms with E-state index >= 15 is 0 Å². The topological polar surface area (TPSA) is 62.3 Å². The molecule has 1 aliphatic heterocycles. The molecule has 1 N–H and O–H groups in total. The maximum absolute atomic E-state index is 12.7. The lowest BCUT2D eigenvalue weighted by molar-refractivity contribution is -0.132. The van der Waals surface area contributed by atoms with E-state index < -0.39 is 5.92 Å². The first kappa shape index (κ1) is 19.1. The first-order valence-corrected chi connectivity index (χ1v) is 10.0. The van der Waals surface area contributed by atoms with E-state index in [4.69, 9.17) is 23.2 Å². The first-order chi connectivity index (χ1) is 12.4. The fraction of sp³-hybridized carbons (Fsp3) is 0.389. The second kappa shape index (κ2) is 7.94. The second-order valence-electron chi connectivity index (χ2n) is 6.18. The highest BCUT2D eigenvalue weighted by atomic mass is 35.5. The Balaban J connectivity index is 1.67. The third-order valence-electron chi connectivity index (χ3n) is 4.41. The van der Waals surface area contributed by atoms with Crippen LogP contribution in [-0.4, -0.2) is 23.3 Å². The number of nitrogens with one attached hydrogen (secondary N) is 1. The van der Waals surface area contributed by atoms with Crippen LogP contribution >= 0.6 is 34.5 Å². The van der Waals surface area contributed by atoms with Crippen LogP contribution in [0.2, 0.25) is 10.0 Å². The van der Waals surface area contributed by atoms with Crippen LogP contribution < -0.4 is 10.2 Å². The third-order valence-corrected chi connectivity index (χ3v) is 6.16. The second-order valence-corrected chi connectivity index (χ2v) is 7.94. The molecule has 2 unspecified atom stereocenters. The molecular weight excluding hydrogens is 393 g/mol. The molecule has 0 saturated carbocycles. The Kier molecular flexibility index (Phi) is 5.85. The van der Waals surface area contributed by atoms with Gasteiger partial charge >= 0.3 is 0 Å². The van der Waals surface area contributed by atoms with E-state index in [1.807, 2.05) is 19.2 Å². The van der Waals surface area contributed by atoms with Gasteiger partial charge in [0.05, 0.1) is 26.8 Å². The lowest BCUT2D eigenvalue weighted by Gasteiger charge is -2.18. The predicted octanol–water partition coefficient (Wildman–Crippen LogP) is 4.24. The monoisotopic (exact) mass is 411 g/mol. The molecule has 0 bridgehead atoms. The third kappa shape index (κ3) is 3.87. The van der Waals surface area contributed by atoms with Crippen molar-refractivity contribution in [1.82, 2.24) is 10.3 Å². The number of aromatic nitrogens is 1. The van der Waals surface area contributed by atoms with Crippen molar-refractivity contribution in [2.24, 2.45) is 5.92 Å². The van der Waals surface area contributed by atoms with Crippen LogP contribution in [0.3, 0.4) is 0 Å². The highest BCUT2D eigenvalue weighted by molar-refractivity contribution is 7.09. The van der Waals surface area contributed by atoms with Gasteiger partial charge < -0.3 is 10.2 Å². The Morgan fingerprint density at radius 3 is 2.85 bits per heavy atom. The molecule has 0 radical (unpaired) electrons. The Morgan fingerprint density at radius 1 is 1.42 bits per heavy atom. The molecule has 8 heteroatoms. The van der Waals surface area contributed by atoms with Gasteiger partial charge in [0.1, 0.15) is 5.92 Å². The molecule has 0 aliphatic carbocycles. The summed E-state index contributed by atoms with van der Waals surface area (Å²) >= 11 is 13.5. The number of aryl methyl sites for hydroxylation is 1. The van der Waals surface area contributed by atoms with E-state index in [9.17, 15) is 9.59 Å². The van der Waals surface area contributed by atoms with E-state index in [0.29, 0.717) is 28.7 Å². The molecule has 1 aromatic carbocycles. The molecule has 26 heavy (non-hydrogen) atoms. The zero-order valence-electron chi connectivity index (χ0n) is 14.5. The quantitative estimate of drug-likeness (QED) is 0.748. The summed E-state index contributed by atoms with van der Waals surface area (Å²) in [7, 11) is 0. The van der Waals surface area contributed by atoms with Crippen LogP contribution in [-0.2, 0) is 16.0 Å². The Labute approximate surface area is 166 Å². The molecule has 2 amide bonds. The zero-order valence-corrected chi connectivity index (χ0v) is 16.8. The average Bonchev–Trinajstić information content (AvgIpc) is 3.24. The van der Waals surface area contributed by atoms with Crippen molar-refractivity contribution in [2.45, 2.75) is 32.7 Å². The SMILES string of the molecule is CCc1nc(C(C)NC(=O)C2CCN(c3ccc(Cl)c(Cl)c3)C2=O)cs1. The number of amides is 2.